The van der Waals surface area contributed by atoms with Gasteiger partial charge in [-0.1, -0.05) is 6.92 Å². The van der Waals surface area contributed by atoms with Gasteiger partial charge in [0.05, 0.1) is 11.6 Å². The molecule has 0 bridgehead atoms. The van der Waals surface area contributed by atoms with Crippen LogP contribution in [0.5, 0.6) is 0 Å². The van der Waals surface area contributed by atoms with E-state index in [4.69, 9.17) is 0 Å². The number of nitrogens with zero attached hydrogens (tertiary/aromatic N) is 1. The van der Waals surface area contributed by atoms with Gasteiger partial charge >= 0.3 is 6.03 Å². The van der Waals surface area contributed by atoms with E-state index >= 15 is 0 Å². The van der Waals surface area contributed by atoms with Crippen molar-refractivity contribution in [2.75, 3.05) is 12.3 Å². The van der Waals surface area contributed by atoms with E-state index < -0.39 is 5.60 Å². The van der Waals surface area contributed by atoms with Crippen LogP contribution in [0.25, 0.3) is 0 Å². The molecule has 2 aliphatic rings. The number of amides is 2. The lowest BCUT2D eigenvalue weighted by molar-refractivity contribution is 0.00948. The number of rotatable bonds is 4. The quantitative estimate of drug-likeness (QED) is 0.839. The Labute approximate surface area is 126 Å². The van der Waals surface area contributed by atoms with Crippen molar-refractivity contribution in [3.63, 3.8) is 0 Å². The minimum atomic E-state index is -0.815. The number of likely N-dealkylation sites (tertiary alicyclic amines) is 1. The molecule has 0 spiro atoms. The Balaban J connectivity index is 1.86. The number of hydrogen-bond donors (Lipinski definition) is 2. The summed E-state index contributed by atoms with van der Waals surface area (Å²) in [7, 11) is 0. The minimum absolute atomic E-state index is 0.0155. The molecule has 20 heavy (non-hydrogen) atoms. The lowest BCUT2D eigenvalue weighted by Crippen LogP contribution is -2.53. The molecule has 1 heterocycles. The molecule has 2 rings (SSSR count). The predicted octanol–water partition coefficient (Wildman–Crippen LogP) is 2.61. The molecule has 0 unspecified atom stereocenters. The van der Waals surface area contributed by atoms with Crippen LogP contribution in [-0.4, -0.2) is 51.3 Å². The second kappa shape index (κ2) is 6.56. The van der Waals surface area contributed by atoms with Crippen molar-refractivity contribution < 1.29 is 9.90 Å². The van der Waals surface area contributed by atoms with Gasteiger partial charge in [-0.25, -0.2) is 4.79 Å². The van der Waals surface area contributed by atoms with Gasteiger partial charge in [0.25, 0.3) is 0 Å². The molecule has 1 aliphatic heterocycles. The summed E-state index contributed by atoms with van der Waals surface area (Å²) >= 11 is 2.00. The molecule has 1 saturated heterocycles. The maximum Gasteiger partial charge on any atom is 0.317 e. The fraction of sp³-hybridized carbons (Fsp3) is 0.933. The van der Waals surface area contributed by atoms with Crippen molar-refractivity contribution in [3.05, 3.63) is 0 Å². The second-order valence-corrected chi connectivity index (χ2v) is 8.12. The Morgan fingerprint density at radius 3 is 2.80 bits per heavy atom. The van der Waals surface area contributed by atoms with Crippen molar-refractivity contribution >= 4 is 17.8 Å². The number of urea groups is 1. The highest BCUT2D eigenvalue weighted by Gasteiger charge is 2.39. The molecule has 2 fully saturated rings. The Morgan fingerprint density at radius 2 is 2.15 bits per heavy atom. The third-order valence-electron chi connectivity index (χ3n) is 4.44. The normalized spacial score (nSPS) is 30.8. The molecule has 1 aliphatic carbocycles. The van der Waals surface area contributed by atoms with E-state index in [2.05, 4.69) is 12.2 Å². The van der Waals surface area contributed by atoms with Gasteiger partial charge in [-0.2, -0.15) is 11.8 Å². The Morgan fingerprint density at radius 1 is 1.40 bits per heavy atom. The molecule has 2 N–H and O–H groups in total. The molecule has 0 aromatic heterocycles. The van der Waals surface area contributed by atoms with E-state index in [0.717, 1.165) is 38.0 Å². The maximum atomic E-state index is 12.4. The van der Waals surface area contributed by atoms with Crippen molar-refractivity contribution in [1.29, 1.82) is 0 Å². The third kappa shape index (κ3) is 3.82. The Kier molecular flexibility index (Phi) is 5.24. The first-order valence-electron chi connectivity index (χ1n) is 7.83. The Bertz CT molecular complexity index is 343. The zero-order valence-corrected chi connectivity index (χ0v) is 13.7. The largest absolute Gasteiger partial charge is 0.388 e. The van der Waals surface area contributed by atoms with Crippen LogP contribution >= 0.6 is 11.8 Å². The number of aliphatic hydroxyl groups is 1. The van der Waals surface area contributed by atoms with Gasteiger partial charge < -0.3 is 15.3 Å². The van der Waals surface area contributed by atoms with Crippen molar-refractivity contribution in [1.82, 2.24) is 10.2 Å². The number of thioether (sulfide) groups is 1. The number of carbonyl (C=O) groups is 1. The van der Waals surface area contributed by atoms with Gasteiger partial charge in [0, 0.05) is 17.8 Å². The first kappa shape index (κ1) is 16.0. The number of hydrogen-bond acceptors (Lipinski definition) is 3. The summed E-state index contributed by atoms with van der Waals surface area (Å²) in [5.74, 6) is 1.15. The van der Waals surface area contributed by atoms with Crippen LogP contribution in [0.4, 0.5) is 4.79 Å². The summed E-state index contributed by atoms with van der Waals surface area (Å²) in [5.41, 5.74) is -0.815. The fourth-order valence-electron chi connectivity index (χ4n) is 3.46. The van der Waals surface area contributed by atoms with Gasteiger partial charge in [-0.15, -0.1) is 0 Å². The van der Waals surface area contributed by atoms with E-state index in [0.29, 0.717) is 11.3 Å². The predicted molar refractivity (Wildman–Crippen MR) is 84.1 cm³/mol. The Hall–Kier alpha value is -0.420. The van der Waals surface area contributed by atoms with Gasteiger partial charge in [0.2, 0.25) is 0 Å². The van der Waals surface area contributed by atoms with Gasteiger partial charge in [0.1, 0.15) is 0 Å². The summed E-state index contributed by atoms with van der Waals surface area (Å²) in [5, 5.41) is 14.1. The summed E-state index contributed by atoms with van der Waals surface area (Å²) in [6.07, 6.45) is 5.27. The first-order valence-corrected chi connectivity index (χ1v) is 8.87. The van der Waals surface area contributed by atoms with Crippen LogP contribution in [0, 0.1) is 0 Å². The number of nitrogens with one attached hydrogen (secondary N) is 1. The summed E-state index contributed by atoms with van der Waals surface area (Å²) < 4.78 is 0. The summed E-state index contributed by atoms with van der Waals surface area (Å²) in [6, 6.07) is 0.279. The van der Waals surface area contributed by atoms with E-state index in [9.17, 15) is 9.90 Å². The highest BCUT2D eigenvalue weighted by atomic mass is 32.2. The smallest absolute Gasteiger partial charge is 0.317 e. The van der Waals surface area contributed by atoms with E-state index in [1.54, 1.807) is 13.8 Å². The number of carbonyl (C=O) groups excluding carboxylic acids is 1. The highest BCUT2D eigenvalue weighted by molar-refractivity contribution is 7.99. The monoisotopic (exact) mass is 300 g/mol. The van der Waals surface area contributed by atoms with Crippen LogP contribution in [-0.2, 0) is 0 Å². The topological polar surface area (TPSA) is 52.6 Å². The highest BCUT2D eigenvalue weighted by Crippen LogP contribution is 2.31. The second-order valence-electron chi connectivity index (χ2n) is 6.54. The molecule has 3 atom stereocenters. The standard InChI is InChI=1S/C15H28N2O2S/c1-4-20-12-8-7-11(10-12)16-14(18)17-9-5-6-13(17)15(2,3)19/h11-13,19H,4-10H2,1-3H3,(H,16,18)/t11-,12-,13-/m1/s1. The van der Waals surface area contributed by atoms with E-state index in [-0.39, 0.29) is 12.1 Å². The molecule has 0 aromatic rings. The summed E-state index contributed by atoms with van der Waals surface area (Å²) in [6.45, 7) is 6.55. The molecule has 0 aromatic carbocycles. The molecular formula is C15H28N2O2S. The zero-order chi connectivity index (χ0) is 14.8. The third-order valence-corrected chi connectivity index (χ3v) is 5.68. The van der Waals surface area contributed by atoms with E-state index in [1.807, 2.05) is 16.7 Å². The van der Waals surface area contributed by atoms with Gasteiger partial charge in [0.15, 0.2) is 0 Å². The average Bonchev–Trinajstić information content (AvgIpc) is 2.97. The van der Waals surface area contributed by atoms with Crippen LogP contribution in [0.15, 0.2) is 0 Å². The molecule has 5 heteroatoms. The summed E-state index contributed by atoms with van der Waals surface area (Å²) in [4.78, 5) is 14.3. The van der Waals surface area contributed by atoms with Crippen molar-refractivity contribution in [2.45, 2.75) is 75.8 Å². The van der Waals surface area contributed by atoms with Gasteiger partial charge in [-0.3, -0.25) is 0 Å². The maximum absolute atomic E-state index is 12.4. The molecule has 2 amide bonds. The average molecular weight is 300 g/mol. The lowest BCUT2D eigenvalue weighted by Gasteiger charge is -2.34. The molecule has 4 nitrogen and oxygen atoms in total. The molecule has 116 valence electrons. The van der Waals surface area contributed by atoms with E-state index in [1.165, 1.54) is 6.42 Å². The van der Waals surface area contributed by atoms with Crippen LogP contribution in [0.2, 0.25) is 0 Å². The molecule has 0 radical (unpaired) electrons. The van der Waals surface area contributed by atoms with Crippen molar-refractivity contribution in [3.8, 4) is 0 Å². The first-order chi connectivity index (χ1) is 9.41. The van der Waals surface area contributed by atoms with Crippen molar-refractivity contribution in [2.24, 2.45) is 0 Å². The fourth-order valence-corrected chi connectivity index (χ4v) is 4.60. The molecule has 1 saturated carbocycles. The molecular weight excluding hydrogens is 272 g/mol. The lowest BCUT2D eigenvalue weighted by atomic mass is 9.97. The van der Waals surface area contributed by atoms with Crippen LogP contribution in [0.3, 0.4) is 0 Å². The van der Waals surface area contributed by atoms with Crippen LogP contribution < -0.4 is 5.32 Å². The zero-order valence-electron chi connectivity index (χ0n) is 12.9. The van der Waals surface area contributed by atoms with Crippen LogP contribution in [0.1, 0.15) is 52.9 Å². The van der Waals surface area contributed by atoms with Gasteiger partial charge in [-0.05, 0) is 51.7 Å². The minimum Gasteiger partial charge on any atom is -0.388 e. The SMILES string of the molecule is CCS[C@@H]1CC[C@@H](NC(=O)N2CCC[C@@H]2C(C)(C)O)C1.